The van der Waals surface area contributed by atoms with Crippen molar-refractivity contribution in [2.45, 2.75) is 46.1 Å². The maximum atomic E-state index is 12.0. The van der Waals surface area contributed by atoms with E-state index in [1.165, 1.54) is 0 Å². The standard InChI is InChI=1S/C16H26N2O3S/c1-6-13(4)17-16(19)11-18(22(5,20)21)15-9-7-14(8-10-15)12(2)3/h7-10,12-13H,6,11H2,1-5H3,(H,17,19)/t13-/m0/s1. The molecule has 0 aromatic heterocycles. The number of rotatable bonds is 7. The molecule has 124 valence electrons. The second-order valence-electron chi connectivity index (χ2n) is 5.89. The highest BCUT2D eigenvalue weighted by atomic mass is 32.2. The van der Waals surface area contributed by atoms with Gasteiger partial charge in [-0.05, 0) is 37.0 Å². The van der Waals surface area contributed by atoms with Crippen LogP contribution in [-0.2, 0) is 14.8 Å². The second-order valence-corrected chi connectivity index (χ2v) is 7.80. The van der Waals surface area contributed by atoms with E-state index in [2.05, 4.69) is 19.2 Å². The van der Waals surface area contributed by atoms with Gasteiger partial charge in [-0.1, -0.05) is 32.9 Å². The van der Waals surface area contributed by atoms with Gasteiger partial charge in [-0.3, -0.25) is 9.10 Å². The number of hydrogen-bond donors (Lipinski definition) is 1. The van der Waals surface area contributed by atoms with Gasteiger partial charge in [-0.15, -0.1) is 0 Å². The van der Waals surface area contributed by atoms with Crippen LogP contribution in [0.25, 0.3) is 0 Å². The van der Waals surface area contributed by atoms with Gasteiger partial charge in [0.1, 0.15) is 6.54 Å². The molecule has 0 aliphatic rings. The highest BCUT2D eigenvalue weighted by Gasteiger charge is 2.21. The minimum atomic E-state index is -3.52. The molecule has 0 heterocycles. The SMILES string of the molecule is CC[C@H](C)NC(=O)CN(c1ccc(C(C)C)cc1)S(C)(=O)=O. The number of carbonyl (C=O) groups is 1. The number of sulfonamides is 1. The van der Waals surface area contributed by atoms with E-state index >= 15 is 0 Å². The Labute approximate surface area is 133 Å². The van der Waals surface area contributed by atoms with Crippen LogP contribution in [0.15, 0.2) is 24.3 Å². The lowest BCUT2D eigenvalue weighted by atomic mass is 10.0. The lowest BCUT2D eigenvalue weighted by Crippen LogP contribution is -2.43. The van der Waals surface area contributed by atoms with Gasteiger partial charge in [0.2, 0.25) is 15.9 Å². The highest BCUT2D eigenvalue weighted by Crippen LogP contribution is 2.21. The molecular formula is C16H26N2O3S. The topological polar surface area (TPSA) is 66.5 Å². The molecule has 0 radical (unpaired) electrons. The predicted octanol–water partition coefficient (Wildman–Crippen LogP) is 2.49. The van der Waals surface area contributed by atoms with E-state index in [-0.39, 0.29) is 18.5 Å². The van der Waals surface area contributed by atoms with Crippen molar-refractivity contribution in [1.82, 2.24) is 5.32 Å². The summed E-state index contributed by atoms with van der Waals surface area (Å²) in [5.41, 5.74) is 1.63. The Kier molecular flexibility index (Phi) is 6.41. The van der Waals surface area contributed by atoms with Crippen molar-refractivity contribution in [3.05, 3.63) is 29.8 Å². The zero-order valence-electron chi connectivity index (χ0n) is 14.0. The molecule has 1 aromatic carbocycles. The van der Waals surface area contributed by atoms with Gasteiger partial charge in [0.05, 0.1) is 11.9 Å². The Balaban J connectivity index is 2.97. The van der Waals surface area contributed by atoms with Gasteiger partial charge < -0.3 is 5.32 Å². The molecule has 0 fully saturated rings. The Bertz CT molecular complexity index is 594. The monoisotopic (exact) mass is 326 g/mol. The van der Waals surface area contributed by atoms with Crippen LogP contribution in [0.2, 0.25) is 0 Å². The third kappa shape index (κ3) is 5.33. The van der Waals surface area contributed by atoms with Gasteiger partial charge in [0, 0.05) is 6.04 Å². The number of amides is 1. The molecule has 22 heavy (non-hydrogen) atoms. The number of benzene rings is 1. The molecule has 1 amide bonds. The van der Waals surface area contributed by atoms with E-state index in [1.807, 2.05) is 26.0 Å². The zero-order chi connectivity index (χ0) is 16.9. The Morgan fingerprint density at radius 1 is 1.18 bits per heavy atom. The summed E-state index contributed by atoms with van der Waals surface area (Å²) >= 11 is 0. The summed E-state index contributed by atoms with van der Waals surface area (Å²) < 4.78 is 25.1. The molecule has 1 atom stereocenters. The number of nitrogens with one attached hydrogen (secondary N) is 1. The fourth-order valence-corrected chi connectivity index (χ4v) is 2.83. The van der Waals surface area contributed by atoms with Crippen molar-refractivity contribution < 1.29 is 13.2 Å². The minimum Gasteiger partial charge on any atom is -0.352 e. The Hall–Kier alpha value is -1.56. The largest absolute Gasteiger partial charge is 0.352 e. The number of carbonyl (C=O) groups excluding carboxylic acids is 1. The van der Waals surface area contributed by atoms with Gasteiger partial charge in [0.25, 0.3) is 0 Å². The molecule has 5 nitrogen and oxygen atoms in total. The first-order valence-electron chi connectivity index (χ1n) is 7.52. The lowest BCUT2D eigenvalue weighted by molar-refractivity contribution is -0.120. The van der Waals surface area contributed by atoms with Crippen molar-refractivity contribution in [1.29, 1.82) is 0 Å². The molecular weight excluding hydrogens is 300 g/mol. The molecule has 0 aliphatic carbocycles. The number of anilines is 1. The van der Waals surface area contributed by atoms with E-state index in [9.17, 15) is 13.2 Å². The highest BCUT2D eigenvalue weighted by molar-refractivity contribution is 7.92. The van der Waals surface area contributed by atoms with Crippen molar-refractivity contribution in [3.8, 4) is 0 Å². The van der Waals surface area contributed by atoms with Gasteiger partial charge in [-0.25, -0.2) is 8.42 Å². The minimum absolute atomic E-state index is 0.0252. The van der Waals surface area contributed by atoms with E-state index in [0.29, 0.717) is 11.6 Å². The van der Waals surface area contributed by atoms with Crippen LogP contribution < -0.4 is 9.62 Å². The third-order valence-corrected chi connectivity index (χ3v) is 4.70. The maximum Gasteiger partial charge on any atom is 0.240 e. The molecule has 0 saturated carbocycles. The third-order valence-electron chi connectivity index (χ3n) is 3.56. The van der Waals surface area contributed by atoms with Gasteiger partial charge >= 0.3 is 0 Å². The molecule has 1 rings (SSSR count). The van der Waals surface area contributed by atoms with Crippen molar-refractivity contribution in [3.63, 3.8) is 0 Å². The normalized spacial score (nSPS) is 13.0. The van der Waals surface area contributed by atoms with Gasteiger partial charge in [-0.2, -0.15) is 0 Å². The summed E-state index contributed by atoms with van der Waals surface area (Å²) in [5, 5.41) is 2.79. The zero-order valence-corrected chi connectivity index (χ0v) is 14.8. The molecule has 6 heteroatoms. The summed E-state index contributed by atoms with van der Waals surface area (Å²) in [6, 6.07) is 7.30. The predicted molar refractivity (Wildman–Crippen MR) is 90.6 cm³/mol. The molecule has 1 aromatic rings. The molecule has 0 unspecified atom stereocenters. The van der Waals surface area contributed by atoms with Crippen LogP contribution in [0.3, 0.4) is 0 Å². The summed E-state index contributed by atoms with van der Waals surface area (Å²) in [7, 11) is -3.52. The van der Waals surface area contributed by atoms with E-state index < -0.39 is 10.0 Å². The smallest absolute Gasteiger partial charge is 0.240 e. The van der Waals surface area contributed by atoms with Crippen molar-refractivity contribution >= 4 is 21.6 Å². The van der Waals surface area contributed by atoms with Crippen LogP contribution in [-0.4, -0.2) is 33.2 Å². The van der Waals surface area contributed by atoms with Crippen molar-refractivity contribution in [2.24, 2.45) is 0 Å². The molecule has 0 aliphatic heterocycles. The Morgan fingerprint density at radius 3 is 2.14 bits per heavy atom. The average molecular weight is 326 g/mol. The Morgan fingerprint density at radius 2 is 1.73 bits per heavy atom. The first kappa shape index (κ1) is 18.5. The fraction of sp³-hybridized carbons (Fsp3) is 0.562. The van der Waals surface area contributed by atoms with Gasteiger partial charge in [0.15, 0.2) is 0 Å². The second kappa shape index (κ2) is 7.63. The summed E-state index contributed by atoms with van der Waals surface area (Å²) in [4.78, 5) is 12.0. The maximum absolute atomic E-state index is 12.0. The van der Waals surface area contributed by atoms with Crippen LogP contribution >= 0.6 is 0 Å². The summed E-state index contributed by atoms with van der Waals surface area (Å²) in [5.74, 6) is 0.0714. The van der Waals surface area contributed by atoms with E-state index in [4.69, 9.17) is 0 Å². The number of nitrogens with zero attached hydrogens (tertiary/aromatic N) is 1. The average Bonchev–Trinajstić information content (AvgIpc) is 2.43. The summed E-state index contributed by atoms with van der Waals surface area (Å²) in [6.07, 6.45) is 1.91. The van der Waals surface area contributed by atoms with Crippen LogP contribution in [0.4, 0.5) is 5.69 Å². The van der Waals surface area contributed by atoms with Crippen LogP contribution in [0.1, 0.15) is 45.6 Å². The molecule has 1 N–H and O–H groups in total. The fourth-order valence-electron chi connectivity index (χ4n) is 1.98. The summed E-state index contributed by atoms with van der Waals surface area (Å²) in [6.45, 7) is 7.79. The molecule has 0 bridgehead atoms. The lowest BCUT2D eigenvalue weighted by Gasteiger charge is -2.23. The number of hydrogen-bond acceptors (Lipinski definition) is 3. The van der Waals surface area contributed by atoms with E-state index in [1.54, 1.807) is 12.1 Å². The molecule has 0 saturated heterocycles. The van der Waals surface area contributed by atoms with Crippen molar-refractivity contribution in [2.75, 3.05) is 17.1 Å². The quantitative estimate of drug-likeness (QED) is 0.837. The first-order chi connectivity index (χ1) is 10.1. The van der Waals surface area contributed by atoms with Crippen LogP contribution in [0, 0.1) is 0 Å². The first-order valence-corrected chi connectivity index (χ1v) is 9.37. The molecule has 0 spiro atoms. The van der Waals surface area contributed by atoms with Crippen LogP contribution in [0.5, 0.6) is 0 Å². The van der Waals surface area contributed by atoms with E-state index in [0.717, 1.165) is 22.5 Å².